The fourth-order valence-electron chi connectivity index (χ4n) is 2.70. The maximum absolute atomic E-state index is 9.15. The predicted octanol–water partition coefficient (Wildman–Crippen LogP) is 3.94. The van der Waals surface area contributed by atoms with Gasteiger partial charge in [-0.3, -0.25) is 0 Å². The highest BCUT2D eigenvalue weighted by Gasteiger charge is 2.22. The van der Waals surface area contributed by atoms with Gasteiger partial charge in [0.05, 0.1) is 0 Å². The molecule has 0 saturated heterocycles. The van der Waals surface area contributed by atoms with Crippen molar-refractivity contribution in [1.29, 1.82) is 0 Å². The molecule has 0 aliphatic heterocycles. The van der Waals surface area contributed by atoms with Crippen LogP contribution in [0.4, 0.5) is 0 Å². The molecule has 2 aromatic rings. The van der Waals surface area contributed by atoms with Gasteiger partial charge in [0.1, 0.15) is 11.5 Å². The van der Waals surface area contributed by atoms with Gasteiger partial charge in [-0.25, -0.2) is 5.48 Å². The van der Waals surface area contributed by atoms with E-state index in [0.29, 0.717) is 5.92 Å². The second kappa shape index (κ2) is 6.57. The summed E-state index contributed by atoms with van der Waals surface area (Å²) in [6, 6.07) is 18.0. The summed E-state index contributed by atoms with van der Waals surface area (Å²) in [7, 11) is 0. The number of rotatable bonds is 5. The number of nitrogens with one attached hydrogen (secondary N) is 1. The molecule has 1 aliphatic carbocycles. The largest absolute Gasteiger partial charge is 0.457 e. The molecule has 2 N–H and O–H groups in total. The first-order chi connectivity index (χ1) is 10.3. The van der Waals surface area contributed by atoms with Crippen LogP contribution in [0.25, 0.3) is 0 Å². The van der Waals surface area contributed by atoms with Crippen LogP contribution >= 0.6 is 0 Å². The zero-order valence-electron chi connectivity index (χ0n) is 11.8. The van der Waals surface area contributed by atoms with Crippen molar-refractivity contribution >= 4 is 0 Å². The Bertz CT molecular complexity index is 610. The van der Waals surface area contributed by atoms with Gasteiger partial charge in [0, 0.05) is 6.04 Å². The van der Waals surface area contributed by atoms with Crippen molar-refractivity contribution in [2.45, 2.75) is 18.9 Å². The Hall–Kier alpha value is -2.10. The maximum atomic E-state index is 9.15. The molecule has 108 valence electrons. The quantitative estimate of drug-likeness (QED) is 0.644. The summed E-state index contributed by atoms with van der Waals surface area (Å²) in [6.45, 7) is 0. The van der Waals surface area contributed by atoms with E-state index in [4.69, 9.17) is 9.94 Å². The second-order valence-electron chi connectivity index (χ2n) is 5.33. The van der Waals surface area contributed by atoms with Crippen LogP contribution in [0.3, 0.4) is 0 Å². The van der Waals surface area contributed by atoms with Crippen molar-refractivity contribution in [2.24, 2.45) is 5.92 Å². The summed E-state index contributed by atoms with van der Waals surface area (Å²) < 4.78 is 5.85. The second-order valence-corrected chi connectivity index (χ2v) is 5.33. The first-order valence-electron chi connectivity index (χ1n) is 7.23. The van der Waals surface area contributed by atoms with Crippen LogP contribution in [-0.4, -0.2) is 11.2 Å². The fourth-order valence-corrected chi connectivity index (χ4v) is 2.70. The normalized spacial score (nSPS) is 20.6. The van der Waals surface area contributed by atoms with Crippen LogP contribution < -0.4 is 10.2 Å². The summed E-state index contributed by atoms with van der Waals surface area (Å²) in [5, 5.41) is 9.15. The molecule has 2 aromatic carbocycles. The summed E-state index contributed by atoms with van der Waals surface area (Å²) in [4.78, 5) is 0. The smallest absolute Gasteiger partial charge is 0.127 e. The number of benzene rings is 2. The molecular weight excluding hydrogens is 262 g/mol. The summed E-state index contributed by atoms with van der Waals surface area (Å²) in [6.07, 6.45) is 6.05. The lowest BCUT2D eigenvalue weighted by atomic mass is 9.95. The molecule has 0 amide bonds. The predicted molar refractivity (Wildman–Crippen MR) is 82.6 cm³/mol. The van der Waals surface area contributed by atoms with E-state index in [-0.39, 0.29) is 6.04 Å². The Morgan fingerprint density at radius 1 is 1.05 bits per heavy atom. The Labute approximate surface area is 124 Å². The van der Waals surface area contributed by atoms with Gasteiger partial charge in [0.15, 0.2) is 0 Å². The molecule has 0 aromatic heterocycles. The van der Waals surface area contributed by atoms with Gasteiger partial charge in [-0.1, -0.05) is 42.5 Å². The van der Waals surface area contributed by atoms with Gasteiger partial charge in [0.2, 0.25) is 0 Å². The molecule has 21 heavy (non-hydrogen) atoms. The zero-order valence-corrected chi connectivity index (χ0v) is 11.8. The minimum Gasteiger partial charge on any atom is -0.457 e. The molecular formula is C18H19NO2. The summed E-state index contributed by atoms with van der Waals surface area (Å²) >= 11 is 0. The lowest BCUT2D eigenvalue weighted by Gasteiger charge is -2.17. The van der Waals surface area contributed by atoms with Gasteiger partial charge >= 0.3 is 0 Å². The molecule has 0 heterocycles. The molecule has 1 aliphatic rings. The number of para-hydroxylation sites is 1. The van der Waals surface area contributed by atoms with E-state index in [1.807, 2.05) is 42.5 Å². The molecule has 0 spiro atoms. The number of hydroxylamine groups is 1. The van der Waals surface area contributed by atoms with Crippen LogP contribution in [0.2, 0.25) is 0 Å². The van der Waals surface area contributed by atoms with Crippen molar-refractivity contribution in [1.82, 2.24) is 5.48 Å². The van der Waals surface area contributed by atoms with Crippen LogP contribution in [0.15, 0.2) is 66.7 Å². The molecule has 3 heteroatoms. The fraction of sp³-hybridized carbons (Fsp3) is 0.222. The van der Waals surface area contributed by atoms with Crippen LogP contribution in [0.1, 0.15) is 12.0 Å². The highest BCUT2D eigenvalue weighted by atomic mass is 16.5. The topological polar surface area (TPSA) is 41.5 Å². The van der Waals surface area contributed by atoms with E-state index in [2.05, 4.69) is 29.8 Å². The van der Waals surface area contributed by atoms with E-state index in [9.17, 15) is 0 Å². The van der Waals surface area contributed by atoms with Crippen molar-refractivity contribution < 1.29 is 9.94 Å². The minimum atomic E-state index is 0.115. The SMILES string of the molecule is ON[C@@H]1CC=C[C@H]1Cc1cccc(Oc2ccccc2)c1. The standard InChI is InChI=1S/C18H19NO2/c20-19-18-11-5-7-15(18)12-14-6-4-10-17(13-14)21-16-8-2-1-3-9-16/h1-10,13,15,18-20H,11-12H2/t15-,18+/m0/s1. The summed E-state index contributed by atoms with van der Waals surface area (Å²) in [5.74, 6) is 2.00. The van der Waals surface area contributed by atoms with E-state index in [1.165, 1.54) is 5.56 Å². The maximum Gasteiger partial charge on any atom is 0.127 e. The van der Waals surface area contributed by atoms with E-state index in [1.54, 1.807) is 0 Å². The van der Waals surface area contributed by atoms with Crippen molar-refractivity contribution in [2.75, 3.05) is 0 Å². The Morgan fingerprint density at radius 3 is 2.67 bits per heavy atom. The Morgan fingerprint density at radius 2 is 1.86 bits per heavy atom. The number of hydrogen-bond acceptors (Lipinski definition) is 3. The lowest BCUT2D eigenvalue weighted by Crippen LogP contribution is -2.30. The molecule has 0 unspecified atom stereocenters. The third-order valence-corrected chi connectivity index (χ3v) is 3.80. The van der Waals surface area contributed by atoms with Crippen LogP contribution in [-0.2, 0) is 6.42 Å². The molecule has 0 bridgehead atoms. The molecule has 3 rings (SSSR count). The molecule has 3 nitrogen and oxygen atoms in total. The van der Waals surface area contributed by atoms with Gasteiger partial charge in [-0.15, -0.1) is 0 Å². The molecule has 2 atom stereocenters. The number of hydrogen-bond donors (Lipinski definition) is 2. The first-order valence-corrected chi connectivity index (χ1v) is 7.23. The average molecular weight is 281 g/mol. The van der Waals surface area contributed by atoms with Crippen molar-refractivity contribution in [3.8, 4) is 11.5 Å². The van der Waals surface area contributed by atoms with Crippen LogP contribution in [0, 0.1) is 5.92 Å². The lowest BCUT2D eigenvalue weighted by molar-refractivity contribution is 0.112. The third kappa shape index (κ3) is 3.51. The van der Waals surface area contributed by atoms with Gasteiger partial charge in [-0.05, 0) is 48.6 Å². The molecule has 0 fully saturated rings. The van der Waals surface area contributed by atoms with Crippen molar-refractivity contribution in [3.63, 3.8) is 0 Å². The third-order valence-electron chi connectivity index (χ3n) is 3.80. The summed E-state index contributed by atoms with van der Waals surface area (Å²) in [5.41, 5.74) is 3.60. The Kier molecular flexibility index (Phi) is 4.34. The highest BCUT2D eigenvalue weighted by Crippen LogP contribution is 2.26. The molecule has 0 saturated carbocycles. The Balaban J connectivity index is 1.70. The van der Waals surface area contributed by atoms with Gasteiger partial charge in [-0.2, -0.15) is 0 Å². The van der Waals surface area contributed by atoms with Gasteiger partial charge < -0.3 is 9.94 Å². The van der Waals surface area contributed by atoms with Gasteiger partial charge in [0.25, 0.3) is 0 Å². The minimum absolute atomic E-state index is 0.115. The van der Waals surface area contributed by atoms with E-state index in [0.717, 1.165) is 24.3 Å². The van der Waals surface area contributed by atoms with Crippen molar-refractivity contribution in [3.05, 3.63) is 72.3 Å². The highest BCUT2D eigenvalue weighted by molar-refractivity contribution is 5.34. The van der Waals surface area contributed by atoms with E-state index >= 15 is 0 Å². The molecule has 0 radical (unpaired) electrons. The van der Waals surface area contributed by atoms with E-state index < -0.39 is 0 Å². The first kappa shape index (κ1) is 13.9. The average Bonchev–Trinajstić information content (AvgIpc) is 2.96. The zero-order chi connectivity index (χ0) is 14.5. The monoisotopic (exact) mass is 281 g/mol. The van der Waals surface area contributed by atoms with Crippen LogP contribution in [0.5, 0.6) is 11.5 Å². The number of ether oxygens (including phenoxy) is 1.